The fourth-order valence-corrected chi connectivity index (χ4v) is 4.06. The molecule has 7 nitrogen and oxygen atoms in total. The van der Waals surface area contributed by atoms with Crippen molar-refractivity contribution in [2.75, 3.05) is 46.5 Å². The van der Waals surface area contributed by atoms with Crippen molar-refractivity contribution >= 4 is 27.3 Å². The average molecular weight is 346 g/mol. The third-order valence-electron chi connectivity index (χ3n) is 3.69. The Hall–Kier alpha value is -1.03. The van der Waals surface area contributed by atoms with E-state index in [-0.39, 0.29) is 18.4 Å². The van der Waals surface area contributed by atoms with Crippen LogP contribution in [-0.2, 0) is 21.4 Å². The van der Waals surface area contributed by atoms with Gasteiger partial charge < -0.3 is 4.90 Å². The van der Waals surface area contributed by atoms with Gasteiger partial charge >= 0.3 is 0 Å². The van der Waals surface area contributed by atoms with Crippen molar-refractivity contribution in [2.45, 2.75) is 6.54 Å². The fraction of sp³-hybridized carbons (Fsp3) is 0.692. The van der Waals surface area contributed by atoms with E-state index in [1.807, 2.05) is 6.20 Å². The van der Waals surface area contributed by atoms with Gasteiger partial charge in [0.2, 0.25) is 15.9 Å². The second-order valence-electron chi connectivity index (χ2n) is 5.75. The van der Waals surface area contributed by atoms with E-state index in [4.69, 9.17) is 0 Å². The Morgan fingerprint density at radius 3 is 2.68 bits per heavy atom. The molecule has 1 unspecified atom stereocenters. The Balaban J connectivity index is 2.16. The van der Waals surface area contributed by atoms with Gasteiger partial charge in [0.1, 0.15) is 0 Å². The first-order valence-electron chi connectivity index (χ1n) is 7.03. The van der Waals surface area contributed by atoms with Gasteiger partial charge in [-0.2, -0.15) is 0 Å². The van der Waals surface area contributed by atoms with E-state index in [1.54, 1.807) is 30.9 Å². The molecule has 1 aliphatic rings. The van der Waals surface area contributed by atoms with E-state index in [0.717, 1.165) is 4.88 Å². The third kappa shape index (κ3) is 4.48. The highest BCUT2D eigenvalue weighted by Crippen LogP contribution is 2.17. The lowest BCUT2D eigenvalue weighted by molar-refractivity contribution is -0.133. The summed E-state index contributed by atoms with van der Waals surface area (Å²) >= 11 is 1.57. The molecule has 1 aromatic heterocycles. The summed E-state index contributed by atoms with van der Waals surface area (Å²) in [5.41, 5.74) is 1.78. The molecule has 0 N–H and O–H groups in total. The Morgan fingerprint density at radius 2 is 2.14 bits per heavy atom. The lowest BCUT2D eigenvalue weighted by atomic mass is 10.1. The van der Waals surface area contributed by atoms with Crippen LogP contribution in [0, 0.1) is 5.92 Å². The van der Waals surface area contributed by atoms with Crippen molar-refractivity contribution in [3.8, 4) is 0 Å². The molecule has 124 valence electrons. The van der Waals surface area contributed by atoms with Crippen LogP contribution in [0.2, 0.25) is 0 Å². The molecule has 1 atom stereocenters. The Kier molecular flexibility index (Phi) is 5.54. The zero-order chi connectivity index (χ0) is 16.3. The highest BCUT2D eigenvalue weighted by Gasteiger charge is 2.32. The molecule has 1 fully saturated rings. The van der Waals surface area contributed by atoms with E-state index >= 15 is 0 Å². The van der Waals surface area contributed by atoms with E-state index < -0.39 is 10.0 Å². The van der Waals surface area contributed by atoms with Gasteiger partial charge in [-0.1, -0.05) is 0 Å². The predicted octanol–water partition coefficient (Wildman–Crippen LogP) is -0.0753. The molecule has 0 aromatic carbocycles. The number of carbonyl (C=O) groups is 1. The van der Waals surface area contributed by atoms with Gasteiger partial charge in [-0.05, 0) is 0 Å². The van der Waals surface area contributed by atoms with Crippen LogP contribution in [-0.4, -0.2) is 79.9 Å². The van der Waals surface area contributed by atoms with Crippen LogP contribution in [0.4, 0.5) is 0 Å². The number of thiazole rings is 1. The van der Waals surface area contributed by atoms with Crippen molar-refractivity contribution in [3.63, 3.8) is 0 Å². The van der Waals surface area contributed by atoms with Crippen LogP contribution in [0.25, 0.3) is 0 Å². The lowest BCUT2D eigenvalue weighted by Crippen LogP contribution is -2.41. The summed E-state index contributed by atoms with van der Waals surface area (Å²) in [7, 11) is 0.0993. The zero-order valence-electron chi connectivity index (χ0n) is 13.1. The predicted molar refractivity (Wildman–Crippen MR) is 86.0 cm³/mol. The van der Waals surface area contributed by atoms with Gasteiger partial charge in [0.15, 0.2) is 0 Å². The fourth-order valence-electron chi connectivity index (χ4n) is 2.56. The number of hydrogen-bond acceptors (Lipinski definition) is 6. The molecule has 0 saturated carbocycles. The molecule has 1 saturated heterocycles. The third-order valence-corrected chi connectivity index (χ3v) is 5.72. The van der Waals surface area contributed by atoms with Crippen LogP contribution < -0.4 is 0 Å². The van der Waals surface area contributed by atoms with Crippen LogP contribution in [0.3, 0.4) is 0 Å². The smallest absolute Gasteiger partial charge is 0.227 e. The highest BCUT2D eigenvalue weighted by atomic mass is 32.2. The SMILES string of the molecule is CN(C)C(=O)C1CN(Cc2cncs2)CCN(S(C)(=O)=O)C1. The summed E-state index contributed by atoms with van der Waals surface area (Å²) < 4.78 is 25.2. The number of hydrogen-bond donors (Lipinski definition) is 0. The maximum atomic E-state index is 12.3. The van der Waals surface area contributed by atoms with E-state index in [1.165, 1.54) is 15.5 Å². The molecule has 0 bridgehead atoms. The molecule has 22 heavy (non-hydrogen) atoms. The number of amides is 1. The maximum absolute atomic E-state index is 12.3. The van der Waals surface area contributed by atoms with Gasteiger partial charge in [0.05, 0.1) is 17.7 Å². The summed E-state index contributed by atoms with van der Waals surface area (Å²) in [6.45, 7) is 2.52. The van der Waals surface area contributed by atoms with Gasteiger partial charge in [-0.15, -0.1) is 11.3 Å². The van der Waals surface area contributed by atoms with E-state index in [2.05, 4.69) is 9.88 Å². The number of aromatic nitrogens is 1. The number of sulfonamides is 1. The molecule has 9 heteroatoms. The standard InChI is InChI=1S/C13H22N4O3S2/c1-15(2)13(18)11-7-16(9-12-6-14-10-21-12)4-5-17(8-11)22(3,19)20/h6,10-11H,4-5,7-9H2,1-3H3. The van der Waals surface area contributed by atoms with Gasteiger partial charge in [0.25, 0.3) is 0 Å². The Labute approximate surface area is 135 Å². The first-order valence-corrected chi connectivity index (χ1v) is 9.76. The van der Waals surface area contributed by atoms with Crippen molar-refractivity contribution in [1.29, 1.82) is 0 Å². The average Bonchev–Trinajstić information content (AvgIpc) is 2.82. The molecule has 2 rings (SSSR count). The number of rotatable bonds is 4. The van der Waals surface area contributed by atoms with Gasteiger partial charge in [0, 0.05) is 57.9 Å². The lowest BCUT2D eigenvalue weighted by Gasteiger charge is -2.25. The Bertz CT molecular complexity index is 601. The molecule has 1 amide bonds. The first-order chi connectivity index (χ1) is 10.3. The van der Waals surface area contributed by atoms with Gasteiger partial charge in [-0.25, -0.2) is 12.7 Å². The van der Waals surface area contributed by atoms with Crippen molar-refractivity contribution in [2.24, 2.45) is 5.92 Å². The zero-order valence-corrected chi connectivity index (χ0v) is 14.7. The number of nitrogens with zero attached hydrogens (tertiary/aromatic N) is 4. The van der Waals surface area contributed by atoms with Crippen molar-refractivity contribution < 1.29 is 13.2 Å². The largest absolute Gasteiger partial charge is 0.348 e. The maximum Gasteiger partial charge on any atom is 0.227 e. The molecule has 1 aliphatic heterocycles. The molecule has 2 heterocycles. The minimum Gasteiger partial charge on any atom is -0.348 e. The minimum absolute atomic E-state index is 0.0372. The van der Waals surface area contributed by atoms with E-state index in [9.17, 15) is 13.2 Å². The normalized spacial score (nSPS) is 21.5. The first kappa shape index (κ1) is 17.3. The molecule has 0 aliphatic carbocycles. The second-order valence-corrected chi connectivity index (χ2v) is 8.71. The Morgan fingerprint density at radius 1 is 1.41 bits per heavy atom. The second kappa shape index (κ2) is 7.03. The van der Waals surface area contributed by atoms with E-state index in [0.29, 0.717) is 26.2 Å². The summed E-state index contributed by atoms with van der Waals surface area (Å²) in [5, 5.41) is 0. The molecular formula is C13H22N4O3S2. The van der Waals surface area contributed by atoms with Crippen LogP contribution >= 0.6 is 11.3 Å². The summed E-state index contributed by atoms with van der Waals surface area (Å²) in [6, 6.07) is 0. The minimum atomic E-state index is -3.30. The topological polar surface area (TPSA) is 73.8 Å². The molecule has 0 radical (unpaired) electrons. The molecule has 1 aromatic rings. The summed E-state index contributed by atoms with van der Waals surface area (Å²) in [4.78, 5) is 21.2. The highest BCUT2D eigenvalue weighted by molar-refractivity contribution is 7.88. The molecular weight excluding hydrogens is 324 g/mol. The monoisotopic (exact) mass is 346 g/mol. The number of carbonyl (C=O) groups excluding carboxylic acids is 1. The van der Waals surface area contributed by atoms with Crippen LogP contribution in [0.15, 0.2) is 11.7 Å². The molecule has 0 spiro atoms. The summed E-state index contributed by atoms with van der Waals surface area (Å²) in [6.07, 6.45) is 3.01. The van der Waals surface area contributed by atoms with Crippen molar-refractivity contribution in [1.82, 2.24) is 19.1 Å². The van der Waals surface area contributed by atoms with Crippen LogP contribution in [0.5, 0.6) is 0 Å². The quantitative estimate of drug-likeness (QED) is 0.763. The van der Waals surface area contributed by atoms with Gasteiger partial charge in [-0.3, -0.25) is 14.7 Å². The van der Waals surface area contributed by atoms with Crippen LogP contribution in [0.1, 0.15) is 4.88 Å². The van der Waals surface area contributed by atoms with Crippen molar-refractivity contribution in [3.05, 3.63) is 16.6 Å². The summed E-state index contributed by atoms with van der Waals surface area (Å²) in [5.74, 6) is -0.384.